The lowest BCUT2D eigenvalue weighted by Gasteiger charge is -2.16. The minimum absolute atomic E-state index is 0.274. The molecule has 0 saturated carbocycles. The van der Waals surface area contributed by atoms with Crippen molar-refractivity contribution in [2.75, 3.05) is 12.4 Å². The maximum Gasteiger partial charge on any atom is 0.180 e. The summed E-state index contributed by atoms with van der Waals surface area (Å²) in [5.74, 6) is 0.761. The van der Waals surface area contributed by atoms with Crippen LogP contribution in [-0.4, -0.2) is 7.11 Å². The molecule has 0 aliphatic rings. The highest BCUT2D eigenvalue weighted by Crippen LogP contribution is 2.37. The van der Waals surface area contributed by atoms with Crippen molar-refractivity contribution in [3.8, 4) is 11.5 Å². The number of nitrogens with one attached hydrogen (secondary N) is 1. The Hall–Kier alpha value is -2.72. The van der Waals surface area contributed by atoms with E-state index in [1.807, 2.05) is 12.1 Å². The summed E-state index contributed by atoms with van der Waals surface area (Å²) in [6, 6.07) is 16.2. The molecule has 0 aromatic heterocycles. The van der Waals surface area contributed by atoms with Crippen molar-refractivity contribution in [2.45, 2.75) is 27.0 Å². The first kappa shape index (κ1) is 20.0. The van der Waals surface area contributed by atoms with Gasteiger partial charge in [0.05, 0.1) is 12.1 Å². The van der Waals surface area contributed by atoms with Crippen molar-refractivity contribution in [3.63, 3.8) is 0 Å². The van der Waals surface area contributed by atoms with Gasteiger partial charge >= 0.3 is 0 Å². The number of halogens is 2. The lowest BCUT2D eigenvalue weighted by atomic mass is 10.1. The summed E-state index contributed by atoms with van der Waals surface area (Å²) in [6.45, 7) is 5.02. The Kier molecular flexibility index (Phi) is 6.42. The number of methoxy groups -OCH3 is 1. The van der Waals surface area contributed by atoms with E-state index >= 15 is 0 Å². The monoisotopic (exact) mass is 399 g/mol. The molecule has 0 radical (unpaired) electrons. The lowest BCUT2D eigenvalue weighted by molar-refractivity contribution is 0.284. The molecule has 0 spiro atoms. The van der Waals surface area contributed by atoms with E-state index in [0.717, 1.165) is 16.8 Å². The molecule has 0 fully saturated rings. The number of hydrogen-bond acceptors (Lipinski definition) is 3. The average Bonchev–Trinajstić information content (AvgIpc) is 2.68. The number of benzene rings is 3. The second kappa shape index (κ2) is 8.98. The highest BCUT2D eigenvalue weighted by atomic mass is 35.5. The third-order valence-corrected chi connectivity index (χ3v) is 4.74. The second-order valence-electron chi connectivity index (χ2n) is 6.70. The van der Waals surface area contributed by atoms with Gasteiger partial charge in [0.25, 0.3) is 0 Å². The normalized spacial score (nSPS) is 10.6. The van der Waals surface area contributed by atoms with Crippen molar-refractivity contribution >= 4 is 17.3 Å². The second-order valence-corrected chi connectivity index (χ2v) is 7.10. The SMILES string of the molecule is COc1cc(CNc2cc(C)ccc2C)cc(Cl)c1OCc1ccc(F)cc1. The average molecular weight is 400 g/mol. The summed E-state index contributed by atoms with van der Waals surface area (Å²) in [4.78, 5) is 0. The van der Waals surface area contributed by atoms with Crippen LogP contribution in [0.2, 0.25) is 5.02 Å². The first-order chi connectivity index (χ1) is 13.5. The van der Waals surface area contributed by atoms with Gasteiger partial charge in [-0.3, -0.25) is 0 Å². The van der Waals surface area contributed by atoms with Gasteiger partial charge in [0.2, 0.25) is 0 Å². The van der Waals surface area contributed by atoms with Gasteiger partial charge < -0.3 is 14.8 Å². The maximum atomic E-state index is 13.0. The molecule has 3 rings (SSSR count). The molecule has 3 aromatic rings. The minimum atomic E-state index is -0.278. The van der Waals surface area contributed by atoms with E-state index in [1.165, 1.54) is 23.3 Å². The lowest BCUT2D eigenvalue weighted by Crippen LogP contribution is -2.03. The fraction of sp³-hybridized carbons (Fsp3) is 0.217. The molecular weight excluding hydrogens is 377 g/mol. The molecule has 0 heterocycles. The topological polar surface area (TPSA) is 30.5 Å². The Morgan fingerprint density at radius 2 is 1.71 bits per heavy atom. The zero-order valence-corrected chi connectivity index (χ0v) is 16.9. The smallest absolute Gasteiger partial charge is 0.180 e. The first-order valence-corrected chi connectivity index (χ1v) is 9.39. The van der Waals surface area contributed by atoms with E-state index in [9.17, 15) is 4.39 Å². The van der Waals surface area contributed by atoms with Gasteiger partial charge in [-0.2, -0.15) is 0 Å². The zero-order valence-electron chi connectivity index (χ0n) is 16.2. The van der Waals surface area contributed by atoms with Crippen LogP contribution in [0.3, 0.4) is 0 Å². The Bertz CT molecular complexity index is 958. The predicted octanol–water partition coefficient (Wildman–Crippen LogP) is 6.30. The molecule has 1 N–H and O–H groups in total. The first-order valence-electron chi connectivity index (χ1n) is 9.01. The third-order valence-electron chi connectivity index (χ3n) is 4.46. The van der Waals surface area contributed by atoms with Crippen molar-refractivity contribution < 1.29 is 13.9 Å². The summed E-state index contributed by atoms with van der Waals surface area (Å²) in [7, 11) is 1.58. The molecule has 0 bridgehead atoms. The van der Waals surface area contributed by atoms with E-state index in [-0.39, 0.29) is 12.4 Å². The maximum absolute atomic E-state index is 13.0. The van der Waals surface area contributed by atoms with Crippen LogP contribution in [0.1, 0.15) is 22.3 Å². The summed E-state index contributed by atoms with van der Waals surface area (Å²) in [5.41, 5.74) is 5.31. The van der Waals surface area contributed by atoms with E-state index < -0.39 is 0 Å². The molecule has 0 unspecified atom stereocenters. The van der Waals surface area contributed by atoms with E-state index in [2.05, 4.69) is 37.4 Å². The molecule has 28 heavy (non-hydrogen) atoms. The Morgan fingerprint density at radius 3 is 2.43 bits per heavy atom. The summed E-state index contributed by atoms with van der Waals surface area (Å²) >= 11 is 6.45. The molecular formula is C23H23ClFNO2. The number of hydrogen-bond donors (Lipinski definition) is 1. The molecule has 5 heteroatoms. The molecule has 0 aliphatic heterocycles. The van der Waals surface area contributed by atoms with Gasteiger partial charge in [0.1, 0.15) is 12.4 Å². The van der Waals surface area contributed by atoms with Crippen LogP contribution in [0, 0.1) is 19.7 Å². The number of anilines is 1. The molecule has 146 valence electrons. The summed E-state index contributed by atoms with van der Waals surface area (Å²) in [6.07, 6.45) is 0. The van der Waals surface area contributed by atoms with E-state index in [1.54, 1.807) is 19.2 Å². The number of ether oxygens (including phenoxy) is 2. The van der Waals surface area contributed by atoms with Gasteiger partial charge in [-0.15, -0.1) is 0 Å². The van der Waals surface area contributed by atoms with Gasteiger partial charge in [-0.05, 0) is 66.4 Å². The van der Waals surface area contributed by atoms with Gasteiger partial charge in [-0.1, -0.05) is 35.9 Å². The Balaban J connectivity index is 1.73. The van der Waals surface area contributed by atoms with Gasteiger partial charge in [0.15, 0.2) is 11.5 Å². The van der Waals surface area contributed by atoms with Crippen LogP contribution >= 0.6 is 11.6 Å². The summed E-state index contributed by atoms with van der Waals surface area (Å²) < 4.78 is 24.3. The Labute approximate surface area is 170 Å². The Morgan fingerprint density at radius 1 is 0.964 bits per heavy atom. The molecule has 0 atom stereocenters. The molecule has 3 nitrogen and oxygen atoms in total. The highest BCUT2D eigenvalue weighted by molar-refractivity contribution is 6.32. The van der Waals surface area contributed by atoms with Crippen LogP contribution in [0.4, 0.5) is 10.1 Å². The summed E-state index contributed by atoms with van der Waals surface area (Å²) in [5, 5.41) is 3.91. The fourth-order valence-electron chi connectivity index (χ4n) is 2.88. The standard InChI is InChI=1S/C23H23ClFNO2/c1-15-4-5-16(2)21(10-15)26-13-18-11-20(24)23(22(12-18)27-3)28-14-17-6-8-19(25)9-7-17/h4-12,26H,13-14H2,1-3H3. The van der Waals surface area contributed by atoms with Crippen LogP contribution in [0.15, 0.2) is 54.6 Å². The molecule has 3 aromatic carbocycles. The van der Waals surface area contributed by atoms with Gasteiger partial charge in [-0.25, -0.2) is 4.39 Å². The molecule has 0 saturated heterocycles. The number of rotatable bonds is 7. The number of aryl methyl sites for hydroxylation is 2. The van der Waals surface area contributed by atoms with Crippen molar-refractivity contribution in [3.05, 3.63) is 87.7 Å². The van der Waals surface area contributed by atoms with Crippen LogP contribution < -0.4 is 14.8 Å². The quantitative estimate of drug-likeness (QED) is 0.506. The predicted molar refractivity (Wildman–Crippen MR) is 112 cm³/mol. The molecule has 0 aliphatic carbocycles. The van der Waals surface area contributed by atoms with Crippen molar-refractivity contribution in [1.82, 2.24) is 0 Å². The van der Waals surface area contributed by atoms with Crippen LogP contribution in [0.5, 0.6) is 11.5 Å². The zero-order chi connectivity index (χ0) is 20.1. The van der Waals surface area contributed by atoms with Gasteiger partial charge in [0, 0.05) is 12.2 Å². The third kappa shape index (κ3) is 4.96. The van der Waals surface area contributed by atoms with Crippen LogP contribution in [0.25, 0.3) is 0 Å². The fourth-order valence-corrected chi connectivity index (χ4v) is 3.16. The molecule has 0 amide bonds. The highest BCUT2D eigenvalue weighted by Gasteiger charge is 2.13. The minimum Gasteiger partial charge on any atom is -0.493 e. The van der Waals surface area contributed by atoms with Crippen molar-refractivity contribution in [2.24, 2.45) is 0 Å². The van der Waals surface area contributed by atoms with Crippen molar-refractivity contribution in [1.29, 1.82) is 0 Å². The largest absolute Gasteiger partial charge is 0.493 e. The van der Waals surface area contributed by atoms with Crippen LogP contribution in [-0.2, 0) is 13.2 Å². The van der Waals surface area contributed by atoms with E-state index in [0.29, 0.717) is 23.1 Å². The van der Waals surface area contributed by atoms with E-state index in [4.69, 9.17) is 21.1 Å².